The Morgan fingerprint density at radius 1 is 1.15 bits per heavy atom. The van der Waals surface area contributed by atoms with E-state index in [1.807, 2.05) is 26.1 Å². The summed E-state index contributed by atoms with van der Waals surface area (Å²) in [5.74, 6) is -0.295. The lowest BCUT2D eigenvalue weighted by molar-refractivity contribution is 0.0985. The molecule has 172 valence electrons. The molecular weight excluding hydrogens is 456 g/mol. The minimum atomic E-state index is -3.50. The lowest BCUT2D eigenvalue weighted by atomic mass is 10.1. The molecule has 2 heterocycles. The average molecular weight is 483 g/mol. The van der Waals surface area contributed by atoms with Crippen molar-refractivity contribution in [1.29, 1.82) is 0 Å². The van der Waals surface area contributed by atoms with Gasteiger partial charge in [-0.3, -0.25) is 14.4 Å². The van der Waals surface area contributed by atoms with E-state index in [9.17, 15) is 13.2 Å². The number of thiazole rings is 1. The zero-order valence-electron chi connectivity index (χ0n) is 19.0. The van der Waals surface area contributed by atoms with Crippen molar-refractivity contribution in [1.82, 2.24) is 14.8 Å². The normalized spacial score (nSPS) is 11.9. The van der Waals surface area contributed by atoms with Gasteiger partial charge >= 0.3 is 0 Å². The van der Waals surface area contributed by atoms with Gasteiger partial charge in [-0.1, -0.05) is 23.5 Å². The van der Waals surface area contributed by atoms with Crippen LogP contribution in [0.15, 0.2) is 59.8 Å². The van der Waals surface area contributed by atoms with Gasteiger partial charge in [0.05, 0.1) is 26.9 Å². The molecule has 0 atom stereocenters. The molecule has 4 aromatic rings. The topological polar surface area (TPSA) is 85.2 Å². The molecular formula is C24H26N4O3S2. The third kappa shape index (κ3) is 4.69. The minimum absolute atomic E-state index is 0.145. The molecule has 0 fully saturated rings. The third-order valence-corrected chi connectivity index (χ3v) is 8.61. The number of aryl methyl sites for hydroxylation is 2. The van der Waals surface area contributed by atoms with E-state index in [0.717, 1.165) is 21.3 Å². The van der Waals surface area contributed by atoms with Crippen LogP contribution in [0.4, 0.5) is 5.13 Å². The maximum atomic E-state index is 13.7. The van der Waals surface area contributed by atoms with E-state index >= 15 is 0 Å². The molecule has 33 heavy (non-hydrogen) atoms. The van der Waals surface area contributed by atoms with E-state index in [1.54, 1.807) is 41.8 Å². The van der Waals surface area contributed by atoms with Gasteiger partial charge < -0.3 is 0 Å². The molecule has 2 aromatic heterocycles. The van der Waals surface area contributed by atoms with E-state index < -0.39 is 15.1 Å². The quantitative estimate of drug-likeness (QED) is 0.383. The average Bonchev–Trinajstić information content (AvgIpc) is 3.44. The van der Waals surface area contributed by atoms with Crippen LogP contribution < -0.4 is 4.90 Å². The van der Waals surface area contributed by atoms with Gasteiger partial charge in [-0.2, -0.15) is 5.10 Å². The smallest absolute Gasteiger partial charge is 0.260 e. The van der Waals surface area contributed by atoms with E-state index in [1.165, 1.54) is 23.5 Å². The Morgan fingerprint density at radius 2 is 1.94 bits per heavy atom. The first-order chi connectivity index (χ1) is 15.7. The van der Waals surface area contributed by atoms with Gasteiger partial charge in [-0.15, -0.1) is 0 Å². The number of fused-ring (bicyclic) bond motifs is 1. The Balaban J connectivity index is 1.75. The molecule has 0 aliphatic carbocycles. The SMILES string of the molecule is Cc1cc(C)c2nc(N(CCn3cccn3)C(=O)c3cccc(S(=O)(=O)C(C)C)c3)sc2c1. The van der Waals surface area contributed by atoms with Crippen LogP contribution in [0.3, 0.4) is 0 Å². The molecule has 0 spiro atoms. The summed E-state index contributed by atoms with van der Waals surface area (Å²) in [5.41, 5.74) is 3.37. The number of amides is 1. The number of benzene rings is 2. The zero-order chi connectivity index (χ0) is 23.8. The number of hydrogen-bond acceptors (Lipinski definition) is 6. The number of anilines is 1. The summed E-state index contributed by atoms with van der Waals surface area (Å²) in [7, 11) is -3.50. The number of aromatic nitrogens is 3. The highest BCUT2D eigenvalue weighted by molar-refractivity contribution is 7.92. The summed E-state index contributed by atoms with van der Waals surface area (Å²) >= 11 is 1.45. The molecule has 0 unspecified atom stereocenters. The molecule has 0 saturated heterocycles. The number of carbonyl (C=O) groups is 1. The molecule has 0 bridgehead atoms. The van der Waals surface area contributed by atoms with Crippen molar-refractivity contribution in [2.75, 3.05) is 11.4 Å². The number of nitrogens with zero attached hydrogens (tertiary/aromatic N) is 4. The molecule has 0 radical (unpaired) electrons. The summed E-state index contributed by atoms with van der Waals surface area (Å²) in [5, 5.41) is 4.23. The number of sulfone groups is 1. The number of hydrogen-bond donors (Lipinski definition) is 0. The molecule has 4 rings (SSSR count). The van der Waals surface area contributed by atoms with E-state index in [0.29, 0.717) is 23.8 Å². The van der Waals surface area contributed by atoms with Crippen molar-refractivity contribution >= 4 is 42.4 Å². The lowest BCUT2D eigenvalue weighted by Gasteiger charge is -2.20. The summed E-state index contributed by atoms with van der Waals surface area (Å²) in [6.45, 7) is 8.13. The van der Waals surface area contributed by atoms with Gasteiger partial charge in [0.25, 0.3) is 5.91 Å². The highest BCUT2D eigenvalue weighted by atomic mass is 32.2. The van der Waals surface area contributed by atoms with Gasteiger partial charge in [-0.05, 0) is 69.2 Å². The van der Waals surface area contributed by atoms with Crippen LogP contribution in [0, 0.1) is 13.8 Å². The van der Waals surface area contributed by atoms with Crippen LogP contribution in [0.2, 0.25) is 0 Å². The fourth-order valence-electron chi connectivity index (χ4n) is 3.63. The van der Waals surface area contributed by atoms with Crippen molar-refractivity contribution in [2.24, 2.45) is 0 Å². The monoisotopic (exact) mass is 482 g/mol. The molecule has 2 aromatic carbocycles. The van der Waals surface area contributed by atoms with Crippen molar-refractivity contribution in [3.8, 4) is 0 Å². The van der Waals surface area contributed by atoms with Crippen LogP contribution in [0.5, 0.6) is 0 Å². The fraction of sp³-hybridized carbons (Fsp3) is 0.292. The molecule has 1 amide bonds. The Hall–Kier alpha value is -3.04. The first-order valence-electron chi connectivity index (χ1n) is 10.7. The largest absolute Gasteiger partial charge is 0.282 e. The zero-order valence-corrected chi connectivity index (χ0v) is 20.7. The van der Waals surface area contributed by atoms with E-state index in [2.05, 4.69) is 17.2 Å². The first kappa shape index (κ1) is 23.1. The van der Waals surface area contributed by atoms with Gasteiger partial charge in [0.1, 0.15) is 0 Å². The second-order valence-electron chi connectivity index (χ2n) is 8.27. The van der Waals surface area contributed by atoms with Crippen molar-refractivity contribution in [3.05, 3.63) is 71.5 Å². The summed E-state index contributed by atoms with van der Waals surface area (Å²) in [6, 6.07) is 12.2. The van der Waals surface area contributed by atoms with Crippen LogP contribution >= 0.6 is 11.3 Å². The second-order valence-corrected chi connectivity index (χ2v) is 11.8. The van der Waals surface area contributed by atoms with Crippen LogP contribution in [-0.4, -0.2) is 40.9 Å². The van der Waals surface area contributed by atoms with Gasteiger partial charge in [0.2, 0.25) is 0 Å². The molecule has 9 heteroatoms. The first-order valence-corrected chi connectivity index (χ1v) is 13.0. The Kier molecular flexibility index (Phi) is 6.36. The maximum absolute atomic E-state index is 13.7. The molecule has 0 saturated carbocycles. The highest BCUT2D eigenvalue weighted by Gasteiger charge is 2.25. The second kappa shape index (κ2) is 9.07. The molecule has 7 nitrogen and oxygen atoms in total. The predicted molar refractivity (Wildman–Crippen MR) is 132 cm³/mol. The van der Waals surface area contributed by atoms with Gasteiger partial charge in [0.15, 0.2) is 15.0 Å². The van der Waals surface area contributed by atoms with Crippen LogP contribution in [-0.2, 0) is 16.4 Å². The third-order valence-electron chi connectivity index (χ3n) is 5.44. The maximum Gasteiger partial charge on any atom is 0.260 e. The van der Waals surface area contributed by atoms with Crippen LogP contribution in [0.25, 0.3) is 10.2 Å². The van der Waals surface area contributed by atoms with Gasteiger partial charge in [0, 0.05) is 24.5 Å². The van der Waals surface area contributed by atoms with Gasteiger partial charge in [-0.25, -0.2) is 13.4 Å². The highest BCUT2D eigenvalue weighted by Crippen LogP contribution is 2.32. The molecule has 0 N–H and O–H groups in total. The molecule has 0 aliphatic rings. The lowest BCUT2D eigenvalue weighted by Crippen LogP contribution is -2.34. The summed E-state index contributed by atoms with van der Waals surface area (Å²) < 4.78 is 28.1. The summed E-state index contributed by atoms with van der Waals surface area (Å²) in [6.07, 6.45) is 3.53. The number of carbonyl (C=O) groups excluding carboxylic acids is 1. The van der Waals surface area contributed by atoms with Crippen molar-refractivity contribution in [2.45, 2.75) is 44.4 Å². The van der Waals surface area contributed by atoms with Crippen molar-refractivity contribution < 1.29 is 13.2 Å². The van der Waals surface area contributed by atoms with E-state index in [-0.39, 0.29) is 10.8 Å². The summed E-state index contributed by atoms with van der Waals surface area (Å²) in [4.78, 5) is 20.2. The standard InChI is InChI=1S/C24H26N4O3S2/c1-16(2)33(30,31)20-8-5-7-19(15-20)23(29)28(12-11-27-10-6-9-25-27)24-26-22-18(4)13-17(3)14-21(22)32-24/h5-10,13-16H,11-12H2,1-4H3. The number of rotatable bonds is 7. The predicted octanol–water partition coefficient (Wildman–Crippen LogP) is 4.64. The Labute approximate surface area is 197 Å². The Bertz CT molecular complexity index is 1410. The van der Waals surface area contributed by atoms with Crippen LogP contribution in [0.1, 0.15) is 35.3 Å². The fourth-order valence-corrected chi connectivity index (χ4v) is 5.90. The molecule has 0 aliphatic heterocycles. The Morgan fingerprint density at radius 3 is 2.64 bits per heavy atom. The van der Waals surface area contributed by atoms with E-state index in [4.69, 9.17) is 4.98 Å². The van der Waals surface area contributed by atoms with Crippen molar-refractivity contribution in [3.63, 3.8) is 0 Å². The minimum Gasteiger partial charge on any atom is -0.282 e.